The molecule has 1 aromatic heterocycles. The van der Waals surface area contributed by atoms with Gasteiger partial charge in [-0.3, -0.25) is 0 Å². The van der Waals surface area contributed by atoms with Crippen LogP contribution in [-0.2, 0) is 18.2 Å². The lowest BCUT2D eigenvalue weighted by molar-refractivity contribution is -0.376. The van der Waals surface area contributed by atoms with E-state index in [4.69, 9.17) is 14.0 Å². The molecule has 2 aromatic carbocycles. The number of aryl methyl sites for hydroxylation is 1. The lowest BCUT2D eigenvalue weighted by Gasteiger charge is -2.32. The van der Waals surface area contributed by atoms with E-state index in [9.17, 15) is 44.6 Å². The van der Waals surface area contributed by atoms with Crippen LogP contribution in [0.1, 0.15) is 36.6 Å². The Morgan fingerprint density at radius 3 is 2.14 bits per heavy atom. The second-order valence-electron chi connectivity index (χ2n) is 7.98. The number of aliphatic hydroxyl groups is 1. The van der Waals surface area contributed by atoms with Gasteiger partial charge < -0.3 is 19.1 Å². The molecule has 1 N–H and O–H groups in total. The van der Waals surface area contributed by atoms with Crippen molar-refractivity contribution in [2.75, 3.05) is 13.2 Å². The molecule has 1 heterocycles. The van der Waals surface area contributed by atoms with Crippen molar-refractivity contribution in [3.8, 4) is 11.5 Å². The third kappa shape index (κ3) is 5.73. The Balaban J connectivity index is 1.67. The summed E-state index contributed by atoms with van der Waals surface area (Å²) in [4.78, 5) is 0. The van der Waals surface area contributed by atoms with E-state index in [0.717, 1.165) is 18.2 Å². The summed E-state index contributed by atoms with van der Waals surface area (Å²) in [6.45, 7) is 1.56. The van der Waals surface area contributed by atoms with Gasteiger partial charge in [-0.15, -0.1) is 0 Å². The van der Waals surface area contributed by atoms with Gasteiger partial charge in [0, 0.05) is 17.5 Å². The van der Waals surface area contributed by atoms with Crippen molar-refractivity contribution in [1.29, 1.82) is 0 Å². The number of hydrogen-bond acceptors (Lipinski definition) is 5. The first-order valence-electron chi connectivity index (χ1n) is 10.8. The van der Waals surface area contributed by atoms with Crippen molar-refractivity contribution >= 4 is 11.0 Å². The van der Waals surface area contributed by atoms with Crippen molar-refractivity contribution < 1.29 is 58.6 Å². The van der Waals surface area contributed by atoms with E-state index in [1.165, 1.54) is 6.07 Å². The van der Waals surface area contributed by atoms with Crippen molar-refractivity contribution in [3.63, 3.8) is 0 Å². The SMILES string of the molecule is CCCc1c(OCCCOc2cccc(C(O)(C(F)(F)F)C(F)(F)F)c2)ccc2c(C(F)(F)F)noc12. The number of nitrogens with zero attached hydrogens (tertiary/aromatic N) is 1. The Morgan fingerprint density at radius 1 is 0.892 bits per heavy atom. The molecule has 0 fully saturated rings. The summed E-state index contributed by atoms with van der Waals surface area (Å²) in [6, 6.07) is 5.41. The smallest absolute Gasteiger partial charge is 0.437 e. The number of alkyl halides is 9. The van der Waals surface area contributed by atoms with Gasteiger partial charge in [-0.05, 0) is 30.7 Å². The fourth-order valence-electron chi connectivity index (χ4n) is 3.60. The molecule has 0 aliphatic carbocycles. The average molecular weight is 545 g/mol. The van der Waals surface area contributed by atoms with Crippen LogP contribution in [0.3, 0.4) is 0 Å². The van der Waals surface area contributed by atoms with Gasteiger partial charge in [0.05, 0.1) is 18.6 Å². The van der Waals surface area contributed by atoms with Gasteiger partial charge in [0.15, 0.2) is 11.3 Å². The maximum atomic E-state index is 13.1. The zero-order valence-corrected chi connectivity index (χ0v) is 19.0. The minimum atomic E-state index is -6.03. The van der Waals surface area contributed by atoms with Crippen molar-refractivity contribution in [2.24, 2.45) is 0 Å². The highest BCUT2D eigenvalue weighted by molar-refractivity contribution is 5.85. The van der Waals surface area contributed by atoms with Crippen molar-refractivity contribution in [2.45, 2.75) is 50.3 Å². The predicted molar refractivity (Wildman–Crippen MR) is 111 cm³/mol. The van der Waals surface area contributed by atoms with E-state index in [2.05, 4.69) is 5.16 Å². The zero-order chi connectivity index (χ0) is 27.6. The third-order valence-electron chi connectivity index (χ3n) is 5.36. The average Bonchev–Trinajstić information content (AvgIpc) is 3.23. The Bertz CT molecular complexity index is 1200. The van der Waals surface area contributed by atoms with Gasteiger partial charge in [-0.1, -0.05) is 30.6 Å². The van der Waals surface area contributed by atoms with Crippen LogP contribution in [0.15, 0.2) is 40.9 Å². The van der Waals surface area contributed by atoms with Crippen LogP contribution >= 0.6 is 0 Å². The van der Waals surface area contributed by atoms with Crippen LogP contribution in [0.5, 0.6) is 11.5 Å². The summed E-state index contributed by atoms with van der Waals surface area (Å²) < 4.78 is 134. The summed E-state index contributed by atoms with van der Waals surface area (Å²) in [7, 11) is 0. The fourth-order valence-corrected chi connectivity index (χ4v) is 3.60. The Hall–Kier alpha value is -3.16. The van der Waals surface area contributed by atoms with Crippen LogP contribution < -0.4 is 9.47 Å². The van der Waals surface area contributed by atoms with Crippen LogP contribution in [-0.4, -0.2) is 35.8 Å². The summed E-state index contributed by atoms with van der Waals surface area (Å²) in [5.74, 6) is -0.111. The maximum absolute atomic E-state index is 13.1. The normalized spacial score (nSPS) is 13.3. The molecular formula is C23H20F9NO4. The summed E-state index contributed by atoms with van der Waals surface area (Å²) in [5.41, 5.74) is -7.39. The molecule has 0 spiro atoms. The minimum absolute atomic E-state index is 0.0444. The lowest BCUT2D eigenvalue weighted by atomic mass is 9.92. The Kier molecular flexibility index (Phi) is 7.91. The van der Waals surface area contributed by atoms with E-state index in [-0.39, 0.29) is 42.1 Å². The molecular weight excluding hydrogens is 525 g/mol. The van der Waals surface area contributed by atoms with Crippen LogP contribution in [0.2, 0.25) is 0 Å². The second kappa shape index (κ2) is 10.3. The number of halogens is 9. The summed E-state index contributed by atoms with van der Waals surface area (Å²) >= 11 is 0. The molecule has 37 heavy (non-hydrogen) atoms. The van der Waals surface area contributed by atoms with Gasteiger partial charge >= 0.3 is 18.5 Å². The molecule has 204 valence electrons. The number of aromatic nitrogens is 1. The number of fused-ring (bicyclic) bond motifs is 1. The van der Waals surface area contributed by atoms with Crippen molar-refractivity contribution in [1.82, 2.24) is 5.16 Å². The zero-order valence-electron chi connectivity index (χ0n) is 19.0. The number of ether oxygens (including phenoxy) is 2. The summed E-state index contributed by atoms with van der Waals surface area (Å²) in [6.07, 6.45) is -15.8. The van der Waals surface area contributed by atoms with Crippen LogP contribution in [0, 0.1) is 0 Å². The van der Waals surface area contributed by atoms with E-state index in [0.29, 0.717) is 30.5 Å². The van der Waals surface area contributed by atoms with E-state index >= 15 is 0 Å². The highest BCUT2D eigenvalue weighted by atomic mass is 19.4. The van der Waals surface area contributed by atoms with E-state index in [1.807, 2.05) is 0 Å². The first kappa shape index (κ1) is 28.4. The van der Waals surface area contributed by atoms with Crippen LogP contribution in [0.25, 0.3) is 11.0 Å². The van der Waals surface area contributed by atoms with Gasteiger partial charge in [0.1, 0.15) is 11.5 Å². The standard InChI is InChI=1S/C23H20F9NO4/c1-2-5-15-17(9-8-16-18(15)37-33-19(16)21(24,25)26)36-11-4-10-35-14-7-3-6-13(12-14)20(34,22(27,28)29)23(30,31)32/h3,6-9,12,34H,2,4-5,10-11H2,1H3. The van der Waals surface area contributed by atoms with Crippen molar-refractivity contribution in [3.05, 3.63) is 53.2 Å². The molecule has 0 unspecified atom stereocenters. The monoisotopic (exact) mass is 545 g/mol. The molecule has 3 aromatic rings. The fraction of sp³-hybridized carbons (Fsp3) is 0.435. The van der Waals surface area contributed by atoms with Gasteiger partial charge in [-0.25, -0.2) is 0 Å². The third-order valence-corrected chi connectivity index (χ3v) is 5.36. The highest BCUT2D eigenvalue weighted by Gasteiger charge is 2.71. The Morgan fingerprint density at radius 2 is 1.54 bits per heavy atom. The number of rotatable bonds is 9. The van der Waals surface area contributed by atoms with E-state index < -0.39 is 35.4 Å². The first-order chi connectivity index (χ1) is 17.1. The maximum Gasteiger partial charge on any atom is 0.437 e. The van der Waals surface area contributed by atoms with Gasteiger partial charge in [0.25, 0.3) is 5.60 Å². The first-order valence-corrected chi connectivity index (χ1v) is 10.8. The molecule has 0 saturated carbocycles. The number of hydrogen-bond donors (Lipinski definition) is 1. The molecule has 0 atom stereocenters. The Labute approximate surface area is 203 Å². The van der Waals surface area contributed by atoms with Gasteiger partial charge in [0.2, 0.25) is 0 Å². The van der Waals surface area contributed by atoms with Gasteiger partial charge in [-0.2, -0.15) is 39.5 Å². The molecule has 3 rings (SSSR count). The molecule has 0 aliphatic heterocycles. The molecule has 0 radical (unpaired) electrons. The molecule has 0 saturated heterocycles. The minimum Gasteiger partial charge on any atom is -0.493 e. The highest BCUT2D eigenvalue weighted by Crippen LogP contribution is 2.50. The van der Waals surface area contributed by atoms with E-state index in [1.54, 1.807) is 6.92 Å². The quantitative estimate of drug-likeness (QED) is 0.233. The predicted octanol–water partition coefficient (Wildman–Crippen LogP) is 6.96. The summed E-state index contributed by atoms with van der Waals surface area (Å²) in [5, 5.41) is 12.4. The molecule has 5 nitrogen and oxygen atoms in total. The largest absolute Gasteiger partial charge is 0.493 e. The molecule has 0 aliphatic rings. The topological polar surface area (TPSA) is 64.7 Å². The second-order valence-corrected chi connectivity index (χ2v) is 7.98. The van der Waals surface area contributed by atoms with Crippen LogP contribution in [0.4, 0.5) is 39.5 Å². The molecule has 14 heteroatoms. The molecule has 0 amide bonds. The molecule has 0 bridgehead atoms. The lowest BCUT2D eigenvalue weighted by Crippen LogP contribution is -2.53. The number of benzene rings is 2.